The number of carboxylic acid groups (broad SMARTS) is 1. The molecule has 0 aromatic carbocycles. The van der Waals surface area contributed by atoms with Gasteiger partial charge in [-0.1, -0.05) is 19.3 Å². The molecule has 0 bridgehead atoms. The van der Waals surface area contributed by atoms with Gasteiger partial charge in [0.25, 0.3) is 0 Å². The molecule has 5 rings (SSSR count). The maximum atomic E-state index is 12.4. The van der Waals surface area contributed by atoms with Gasteiger partial charge in [0.1, 0.15) is 11.4 Å². The molecule has 5 aliphatic rings. The van der Waals surface area contributed by atoms with E-state index < -0.39 is 5.97 Å². The minimum atomic E-state index is -0.602. The van der Waals surface area contributed by atoms with E-state index in [0.717, 1.165) is 65.0 Å². The zero-order chi connectivity index (χ0) is 20.3. The fourth-order valence-electron chi connectivity index (χ4n) is 3.63. The van der Waals surface area contributed by atoms with E-state index in [1.54, 1.807) is 0 Å². The molecule has 152 valence electrons. The number of carbonyl (C=O) groups excluding carboxylic acids is 2. The number of allylic oxidation sites excluding steroid dienone is 1. The normalized spacial score (nSPS) is 23.4. The first-order chi connectivity index (χ1) is 13.6. The Labute approximate surface area is 179 Å². The second-order valence-corrected chi connectivity index (χ2v) is 7.55. The Morgan fingerprint density at radius 1 is 0.893 bits per heavy atom. The number of aliphatic carboxylic acids is 1. The van der Waals surface area contributed by atoms with Crippen LogP contribution in [0.4, 0.5) is 0 Å². The van der Waals surface area contributed by atoms with E-state index in [9.17, 15) is 14.4 Å². The van der Waals surface area contributed by atoms with E-state index in [1.165, 1.54) is 35.0 Å². The summed E-state index contributed by atoms with van der Waals surface area (Å²) in [5.74, 6) is -0.583. The molecule has 28 heavy (non-hydrogen) atoms. The molecule has 4 fully saturated rings. The fourth-order valence-corrected chi connectivity index (χ4v) is 3.63. The molecule has 2 aliphatic carbocycles. The van der Waals surface area contributed by atoms with Crippen molar-refractivity contribution in [3.63, 3.8) is 0 Å². The Hall–Kier alpha value is -1.51. The molecule has 8 heteroatoms. The molecule has 2 radical (unpaired) electrons. The predicted octanol–water partition coefficient (Wildman–Crippen LogP) is 0.767. The van der Waals surface area contributed by atoms with Crippen LogP contribution in [0.2, 0.25) is 4.94 Å². The second-order valence-electron chi connectivity index (χ2n) is 7.55. The molecule has 0 amide bonds. The monoisotopic (exact) mass is 495 g/mol. The molecule has 0 spiro atoms. The summed E-state index contributed by atoms with van der Waals surface area (Å²) in [6.07, 6.45) is 6.76. The molecule has 0 aromatic rings. The van der Waals surface area contributed by atoms with Gasteiger partial charge < -0.3 is 19.8 Å². The van der Waals surface area contributed by atoms with Crippen molar-refractivity contribution in [1.29, 1.82) is 0 Å². The minimum absolute atomic E-state index is 0.00546. The Balaban J connectivity index is 0.000000175. The summed E-state index contributed by atoms with van der Waals surface area (Å²) in [6, 6.07) is 0. The van der Waals surface area contributed by atoms with E-state index in [-0.39, 0.29) is 17.5 Å². The third-order valence-corrected chi connectivity index (χ3v) is 5.44. The first-order valence-corrected chi connectivity index (χ1v) is 13.5. The topological polar surface area (TPSA) is 80.5 Å². The second kappa shape index (κ2) is 9.32. The number of carbonyl (C=O) groups is 3. The average Bonchev–Trinajstić information content (AvgIpc) is 3.57. The van der Waals surface area contributed by atoms with Crippen LogP contribution in [-0.2, 0) is 14.4 Å². The molecule has 0 atom stereocenters. The number of hydrogen-bond donors (Lipinski definition) is 1. The van der Waals surface area contributed by atoms with Gasteiger partial charge in [-0.15, -0.1) is 0 Å². The molecule has 7 nitrogen and oxygen atoms in total. The van der Waals surface area contributed by atoms with Crippen molar-refractivity contribution in [3.8, 4) is 0 Å². The summed E-state index contributed by atoms with van der Waals surface area (Å²) in [7, 11) is 0. The van der Waals surface area contributed by atoms with Crippen molar-refractivity contribution in [2.45, 2.75) is 37.0 Å². The van der Waals surface area contributed by atoms with Gasteiger partial charge in [-0.2, -0.15) is 0 Å². The van der Waals surface area contributed by atoms with Crippen LogP contribution in [0.15, 0.2) is 23.2 Å². The third-order valence-electron chi connectivity index (χ3n) is 5.44. The van der Waals surface area contributed by atoms with Crippen LogP contribution in [0, 0.1) is 5.92 Å². The third kappa shape index (κ3) is 5.10. The summed E-state index contributed by atoms with van der Waals surface area (Å²) >= 11 is 1.35. The SMILES string of the molecule is O=C(O)C1CCCCC1.O=C1C=C(N2CC2)C(=O)C(N2CC2)=C1N1CC1.[CH3][SnH]. The van der Waals surface area contributed by atoms with Crippen molar-refractivity contribution in [2.75, 3.05) is 39.3 Å². The Kier molecular flexibility index (Phi) is 7.06. The van der Waals surface area contributed by atoms with Crippen LogP contribution < -0.4 is 0 Å². The van der Waals surface area contributed by atoms with Crippen molar-refractivity contribution < 1.29 is 19.5 Å². The number of carboxylic acids is 1. The molecular weight excluding hydrogens is 465 g/mol. The van der Waals surface area contributed by atoms with Gasteiger partial charge in [0.15, 0.2) is 0 Å². The number of ketones is 2. The van der Waals surface area contributed by atoms with Gasteiger partial charge in [-0.25, -0.2) is 0 Å². The van der Waals surface area contributed by atoms with Crippen LogP contribution in [0.5, 0.6) is 0 Å². The number of nitrogens with zero attached hydrogens (tertiary/aromatic N) is 3. The first kappa shape index (κ1) is 21.2. The Bertz CT molecular complexity index is 700. The zero-order valence-electron chi connectivity index (χ0n) is 16.5. The van der Waals surface area contributed by atoms with Gasteiger partial charge in [0, 0.05) is 45.3 Å². The van der Waals surface area contributed by atoms with Crippen LogP contribution in [-0.4, -0.2) is 99.1 Å². The van der Waals surface area contributed by atoms with E-state index in [1.807, 2.05) is 14.7 Å². The zero-order valence-corrected chi connectivity index (χ0v) is 19.8. The van der Waals surface area contributed by atoms with E-state index in [0.29, 0.717) is 17.1 Å². The molecule has 0 unspecified atom stereocenters. The van der Waals surface area contributed by atoms with Crippen LogP contribution in [0.25, 0.3) is 0 Å². The summed E-state index contributed by atoms with van der Waals surface area (Å²) in [6.45, 7) is 5.41. The number of hydrogen-bond acceptors (Lipinski definition) is 6. The van der Waals surface area contributed by atoms with Crippen LogP contribution in [0.3, 0.4) is 0 Å². The van der Waals surface area contributed by atoms with E-state index in [2.05, 4.69) is 4.94 Å². The van der Waals surface area contributed by atoms with Gasteiger partial charge in [-0.05, 0) is 12.8 Å². The molecule has 3 heterocycles. The van der Waals surface area contributed by atoms with Gasteiger partial charge in [0.05, 0.1) is 11.6 Å². The van der Waals surface area contributed by atoms with Gasteiger partial charge in [0.2, 0.25) is 11.6 Å². The van der Waals surface area contributed by atoms with Crippen molar-refractivity contribution in [2.24, 2.45) is 5.92 Å². The van der Waals surface area contributed by atoms with E-state index in [4.69, 9.17) is 5.11 Å². The summed E-state index contributed by atoms with van der Waals surface area (Å²) in [5.41, 5.74) is 1.89. The fraction of sp³-hybridized carbons (Fsp3) is 0.650. The van der Waals surface area contributed by atoms with Gasteiger partial charge >= 0.3 is 33.4 Å². The molecule has 1 N–H and O–H groups in total. The molecule has 1 saturated carbocycles. The summed E-state index contributed by atoms with van der Waals surface area (Å²) in [4.78, 5) is 43.0. The molecule has 0 aromatic heterocycles. The Morgan fingerprint density at radius 3 is 1.82 bits per heavy atom. The van der Waals surface area contributed by atoms with Crippen molar-refractivity contribution >= 4 is 40.1 Å². The quantitative estimate of drug-likeness (QED) is 0.352. The maximum absolute atomic E-state index is 12.4. The number of Topliss-reactive ketones (excluding diaryl/α,β-unsaturated/α-hetero) is 1. The predicted molar refractivity (Wildman–Crippen MR) is 107 cm³/mol. The van der Waals surface area contributed by atoms with Crippen LogP contribution >= 0.6 is 0 Å². The average molecular weight is 494 g/mol. The molecule has 3 aliphatic heterocycles. The Morgan fingerprint density at radius 2 is 1.39 bits per heavy atom. The van der Waals surface area contributed by atoms with E-state index >= 15 is 0 Å². The summed E-state index contributed by atoms with van der Waals surface area (Å²) in [5, 5.41) is 8.54. The molecule has 3 saturated heterocycles. The standard InChI is InChI=1S/C12H13N3O2.C7H12O2.CH3.Sn.H/c16-9-7-8(13-1-2-13)12(17)11(15-5-6-15)10(9)14-3-4-14;8-7(9)6-4-2-1-3-5-6;;;/h7H,1-6H2;6H,1-5H2,(H,8,9);1H3;;. The van der Waals surface area contributed by atoms with Gasteiger partial charge in [-0.3, -0.25) is 14.4 Å². The number of rotatable bonds is 4. The molecular formula is C20H29N3O4Sn. The van der Waals surface area contributed by atoms with Crippen LogP contribution in [0.1, 0.15) is 32.1 Å². The summed E-state index contributed by atoms with van der Waals surface area (Å²) < 4.78 is 0. The van der Waals surface area contributed by atoms with Crippen molar-refractivity contribution in [1.82, 2.24) is 14.7 Å². The first-order valence-electron chi connectivity index (χ1n) is 10.2. The van der Waals surface area contributed by atoms with Crippen molar-refractivity contribution in [3.05, 3.63) is 23.2 Å².